The third-order valence-electron chi connectivity index (χ3n) is 7.70. The van der Waals surface area contributed by atoms with E-state index in [0.717, 1.165) is 24.0 Å². The minimum Gasteiger partial charge on any atom is -0.492 e. The van der Waals surface area contributed by atoms with E-state index in [2.05, 4.69) is 29.3 Å². The van der Waals surface area contributed by atoms with E-state index in [9.17, 15) is 14.3 Å². The van der Waals surface area contributed by atoms with Gasteiger partial charge in [-0.2, -0.15) is 0 Å². The van der Waals surface area contributed by atoms with Crippen molar-refractivity contribution in [3.8, 4) is 5.75 Å². The van der Waals surface area contributed by atoms with Crippen LogP contribution in [0.15, 0.2) is 42.0 Å². The molecule has 2 atom stereocenters. The standard InChI is InChI=1S/C30H38F2N2O3/c1-19-16-23-22-9-6-5-8-21(22)17-24(23)28(34(19)18-30(3,4)29(35)36)27-20(2)26(11-10-25(27)32)37-15-14-33-13-7-12-31/h5-6,8-11,19,28,33H,7,12-18H2,1-4H3,(H,35,36)/t19-,28+/m1/s1. The quantitative estimate of drug-likeness (QED) is 0.377. The average Bonchev–Trinajstić information content (AvgIpc) is 3.22. The van der Waals surface area contributed by atoms with Crippen molar-refractivity contribution in [3.63, 3.8) is 0 Å². The first-order chi connectivity index (χ1) is 17.7. The van der Waals surface area contributed by atoms with Gasteiger partial charge in [-0.05, 0) is 93.5 Å². The number of fused-ring (bicyclic) bond motifs is 2. The second-order valence-electron chi connectivity index (χ2n) is 10.9. The van der Waals surface area contributed by atoms with Crippen LogP contribution in [0.3, 0.4) is 0 Å². The Morgan fingerprint density at radius 2 is 1.97 bits per heavy atom. The van der Waals surface area contributed by atoms with E-state index in [-0.39, 0.29) is 18.5 Å². The minimum atomic E-state index is -1.00. The first-order valence-corrected chi connectivity index (χ1v) is 13.1. The summed E-state index contributed by atoms with van der Waals surface area (Å²) in [6.07, 6.45) is 1.97. The molecule has 2 aromatic carbocycles. The number of carboxylic acids is 1. The molecule has 2 aliphatic rings. The van der Waals surface area contributed by atoms with E-state index < -0.39 is 17.4 Å². The molecule has 0 saturated heterocycles. The molecule has 200 valence electrons. The van der Waals surface area contributed by atoms with Crippen LogP contribution < -0.4 is 10.1 Å². The number of hydrogen-bond acceptors (Lipinski definition) is 4. The van der Waals surface area contributed by atoms with E-state index in [1.165, 1.54) is 22.8 Å². The molecule has 4 rings (SSSR count). The van der Waals surface area contributed by atoms with Crippen LogP contribution in [-0.2, 0) is 11.2 Å². The molecule has 1 aliphatic heterocycles. The molecule has 0 radical (unpaired) electrons. The number of halogens is 2. The summed E-state index contributed by atoms with van der Waals surface area (Å²) >= 11 is 0. The van der Waals surface area contributed by atoms with Crippen LogP contribution in [0.4, 0.5) is 8.78 Å². The van der Waals surface area contributed by atoms with Gasteiger partial charge in [-0.3, -0.25) is 14.1 Å². The van der Waals surface area contributed by atoms with E-state index in [1.54, 1.807) is 19.9 Å². The maximum absolute atomic E-state index is 15.8. The van der Waals surface area contributed by atoms with Crippen LogP contribution in [0.25, 0.3) is 5.57 Å². The van der Waals surface area contributed by atoms with E-state index >= 15 is 4.39 Å². The van der Waals surface area contributed by atoms with Crippen molar-refractivity contribution in [2.45, 2.75) is 59.0 Å². The monoisotopic (exact) mass is 512 g/mol. The third-order valence-corrected chi connectivity index (χ3v) is 7.70. The molecule has 0 saturated carbocycles. The number of aliphatic carboxylic acids is 1. The highest BCUT2D eigenvalue weighted by Crippen LogP contribution is 2.51. The van der Waals surface area contributed by atoms with Crippen LogP contribution in [-0.4, -0.2) is 54.9 Å². The lowest BCUT2D eigenvalue weighted by Crippen LogP contribution is -2.48. The molecule has 0 fully saturated rings. The Morgan fingerprint density at radius 3 is 2.70 bits per heavy atom. The van der Waals surface area contributed by atoms with Crippen LogP contribution in [0.5, 0.6) is 5.75 Å². The normalized spacial score (nSPS) is 19.6. The summed E-state index contributed by atoms with van der Waals surface area (Å²) in [5.41, 5.74) is 5.12. The van der Waals surface area contributed by atoms with Gasteiger partial charge in [0.1, 0.15) is 18.2 Å². The van der Waals surface area contributed by atoms with Crippen LogP contribution in [0, 0.1) is 18.2 Å². The van der Waals surface area contributed by atoms with Gasteiger partial charge < -0.3 is 15.2 Å². The molecule has 2 N–H and O–H groups in total. The van der Waals surface area contributed by atoms with Gasteiger partial charge in [-0.15, -0.1) is 0 Å². The van der Waals surface area contributed by atoms with Crippen molar-refractivity contribution in [3.05, 3.63) is 70.0 Å². The van der Waals surface area contributed by atoms with Gasteiger partial charge in [-0.1, -0.05) is 24.3 Å². The molecule has 0 bridgehead atoms. The van der Waals surface area contributed by atoms with E-state index in [0.29, 0.717) is 44.0 Å². The number of carbonyl (C=O) groups is 1. The van der Waals surface area contributed by atoms with Crippen LogP contribution >= 0.6 is 0 Å². The smallest absolute Gasteiger partial charge is 0.310 e. The zero-order valence-corrected chi connectivity index (χ0v) is 22.2. The third kappa shape index (κ3) is 5.58. The molecule has 1 heterocycles. The first kappa shape index (κ1) is 27.3. The molecule has 0 amide bonds. The number of nitrogens with one attached hydrogen (secondary N) is 1. The van der Waals surface area contributed by atoms with Crippen LogP contribution in [0.2, 0.25) is 0 Å². The summed E-state index contributed by atoms with van der Waals surface area (Å²) in [7, 11) is 0. The van der Waals surface area contributed by atoms with Crippen molar-refractivity contribution in [1.82, 2.24) is 10.2 Å². The minimum absolute atomic E-state index is 0.0246. The summed E-state index contributed by atoms with van der Waals surface area (Å²) in [6, 6.07) is 11.1. The van der Waals surface area contributed by atoms with Gasteiger partial charge in [-0.25, -0.2) is 4.39 Å². The highest BCUT2D eigenvalue weighted by atomic mass is 19.1. The number of ether oxygens (including phenoxy) is 1. The lowest BCUT2D eigenvalue weighted by molar-refractivity contribution is -0.148. The predicted molar refractivity (Wildman–Crippen MR) is 142 cm³/mol. The summed E-state index contributed by atoms with van der Waals surface area (Å²) in [4.78, 5) is 14.3. The lowest BCUT2D eigenvalue weighted by Gasteiger charge is -2.45. The fourth-order valence-corrected chi connectivity index (χ4v) is 5.65. The Bertz CT molecular complexity index is 1180. The summed E-state index contributed by atoms with van der Waals surface area (Å²) in [5.74, 6) is -0.578. The van der Waals surface area contributed by atoms with Gasteiger partial charge >= 0.3 is 5.97 Å². The summed E-state index contributed by atoms with van der Waals surface area (Å²) in [6.45, 7) is 8.91. The Hall–Kier alpha value is -2.77. The number of nitrogens with zero attached hydrogens (tertiary/aromatic N) is 1. The molecule has 2 aromatic rings. The van der Waals surface area contributed by atoms with E-state index in [4.69, 9.17) is 4.74 Å². The highest BCUT2D eigenvalue weighted by Gasteiger charge is 2.43. The zero-order valence-electron chi connectivity index (χ0n) is 22.2. The van der Waals surface area contributed by atoms with Gasteiger partial charge in [0.2, 0.25) is 0 Å². The van der Waals surface area contributed by atoms with Crippen LogP contribution in [0.1, 0.15) is 61.9 Å². The topological polar surface area (TPSA) is 61.8 Å². The second-order valence-corrected chi connectivity index (χ2v) is 10.9. The fraction of sp³-hybridized carbons (Fsp3) is 0.500. The maximum Gasteiger partial charge on any atom is 0.310 e. The van der Waals surface area contributed by atoms with E-state index in [1.807, 2.05) is 19.1 Å². The van der Waals surface area contributed by atoms with Crippen molar-refractivity contribution < 1.29 is 23.4 Å². The van der Waals surface area contributed by atoms with Crippen molar-refractivity contribution in [2.75, 3.05) is 32.9 Å². The van der Waals surface area contributed by atoms with Gasteiger partial charge in [0, 0.05) is 24.7 Å². The number of rotatable bonds is 11. The second kappa shape index (κ2) is 11.3. The Labute approximate surface area is 218 Å². The van der Waals surface area contributed by atoms with Gasteiger partial charge in [0.05, 0.1) is 18.1 Å². The average molecular weight is 513 g/mol. The Morgan fingerprint density at radius 1 is 1.22 bits per heavy atom. The molecule has 37 heavy (non-hydrogen) atoms. The Kier molecular flexibility index (Phi) is 8.34. The first-order valence-electron chi connectivity index (χ1n) is 13.1. The molecule has 7 heteroatoms. The highest BCUT2D eigenvalue weighted by molar-refractivity contribution is 5.79. The Balaban J connectivity index is 1.73. The SMILES string of the molecule is Cc1c(OCCNCCCF)ccc(F)c1[C@@H]1C2=C(C[C@@H](C)N1CC(C)(C)C(=O)O)c1ccccc1C2. The maximum atomic E-state index is 15.8. The molecule has 0 spiro atoms. The number of carboxylic acid groups (broad SMARTS) is 1. The summed E-state index contributed by atoms with van der Waals surface area (Å²) in [5, 5.41) is 13.1. The predicted octanol–water partition coefficient (Wildman–Crippen LogP) is 5.72. The summed E-state index contributed by atoms with van der Waals surface area (Å²) < 4.78 is 34.1. The lowest BCUT2D eigenvalue weighted by atomic mass is 9.81. The molecule has 1 aliphatic carbocycles. The number of alkyl halides is 1. The zero-order chi connectivity index (χ0) is 26.7. The van der Waals surface area contributed by atoms with Gasteiger partial charge in [0.25, 0.3) is 0 Å². The van der Waals surface area contributed by atoms with Gasteiger partial charge in [0.15, 0.2) is 0 Å². The van der Waals surface area contributed by atoms with Crippen molar-refractivity contribution in [2.24, 2.45) is 5.41 Å². The molecule has 0 unspecified atom stereocenters. The fourth-order valence-electron chi connectivity index (χ4n) is 5.65. The largest absolute Gasteiger partial charge is 0.492 e. The molecule has 0 aromatic heterocycles. The molecular formula is C30H38F2N2O3. The van der Waals surface area contributed by atoms with Crippen molar-refractivity contribution >= 4 is 11.5 Å². The van der Waals surface area contributed by atoms with Crippen molar-refractivity contribution in [1.29, 1.82) is 0 Å². The molecule has 5 nitrogen and oxygen atoms in total. The number of benzene rings is 2. The molecular weight excluding hydrogens is 474 g/mol. The number of hydrogen-bond donors (Lipinski definition) is 2.